The van der Waals surface area contributed by atoms with Gasteiger partial charge in [0.25, 0.3) is 5.56 Å². The van der Waals surface area contributed by atoms with Crippen molar-refractivity contribution in [2.24, 2.45) is 0 Å². The average Bonchev–Trinajstić information content (AvgIpc) is 3.31. The Morgan fingerprint density at radius 1 is 1.18 bits per heavy atom. The fourth-order valence-electron chi connectivity index (χ4n) is 2.91. The van der Waals surface area contributed by atoms with Crippen molar-refractivity contribution in [1.29, 1.82) is 0 Å². The predicted octanol–water partition coefficient (Wildman–Crippen LogP) is 2.36. The van der Waals surface area contributed by atoms with Crippen LogP contribution in [0.5, 0.6) is 0 Å². The van der Waals surface area contributed by atoms with Gasteiger partial charge in [0.1, 0.15) is 10.4 Å². The van der Waals surface area contributed by atoms with E-state index in [1.165, 1.54) is 22.2 Å². The summed E-state index contributed by atoms with van der Waals surface area (Å²) in [5.74, 6) is -0.829. The molecule has 2 N–H and O–H groups in total. The van der Waals surface area contributed by atoms with Crippen molar-refractivity contribution in [2.45, 2.75) is 19.9 Å². The average molecular weight is 396 g/mol. The van der Waals surface area contributed by atoms with Gasteiger partial charge in [0.05, 0.1) is 11.7 Å². The first-order valence-electron chi connectivity index (χ1n) is 8.54. The summed E-state index contributed by atoms with van der Waals surface area (Å²) >= 11 is 1.39. The summed E-state index contributed by atoms with van der Waals surface area (Å²) in [4.78, 5) is 41.5. The van der Waals surface area contributed by atoms with Crippen LogP contribution in [0.3, 0.4) is 0 Å². The number of thiophene rings is 1. The number of hydrogen-bond acceptors (Lipinski definition) is 6. The van der Waals surface area contributed by atoms with Crippen LogP contribution in [-0.2, 0) is 11.3 Å². The molecule has 0 bridgehead atoms. The lowest BCUT2D eigenvalue weighted by Crippen LogP contribution is -2.42. The highest BCUT2D eigenvalue weighted by Gasteiger charge is 2.17. The van der Waals surface area contributed by atoms with Gasteiger partial charge in [-0.3, -0.25) is 29.8 Å². The monoisotopic (exact) mass is 396 g/mol. The number of furan rings is 1. The van der Waals surface area contributed by atoms with Gasteiger partial charge in [0.15, 0.2) is 5.76 Å². The number of carbonyl (C=O) groups excluding carboxylic acids is 2. The highest BCUT2D eigenvalue weighted by Crippen LogP contribution is 2.24. The van der Waals surface area contributed by atoms with Crippen molar-refractivity contribution in [1.82, 2.24) is 20.4 Å². The van der Waals surface area contributed by atoms with Gasteiger partial charge in [-0.15, -0.1) is 11.3 Å². The molecule has 1 aromatic carbocycles. The summed E-state index contributed by atoms with van der Waals surface area (Å²) in [5, 5.41) is 3.17. The summed E-state index contributed by atoms with van der Waals surface area (Å²) in [6.07, 6.45) is 1.43. The first-order chi connectivity index (χ1) is 13.5. The van der Waals surface area contributed by atoms with Crippen LogP contribution in [0.15, 0.2) is 51.3 Å². The molecule has 0 aliphatic heterocycles. The van der Waals surface area contributed by atoms with E-state index in [9.17, 15) is 14.4 Å². The van der Waals surface area contributed by atoms with Crippen LogP contribution in [0.2, 0.25) is 0 Å². The third kappa shape index (κ3) is 3.27. The molecule has 9 heteroatoms. The van der Waals surface area contributed by atoms with Gasteiger partial charge in [0.2, 0.25) is 5.91 Å². The smallest absolute Gasteiger partial charge is 0.305 e. The third-order valence-corrected chi connectivity index (χ3v) is 5.22. The van der Waals surface area contributed by atoms with Gasteiger partial charge in [-0.05, 0) is 24.4 Å². The molecule has 4 aromatic rings. The maximum absolute atomic E-state index is 12.3. The Hall–Kier alpha value is -3.46. The lowest BCUT2D eigenvalue weighted by molar-refractivity contribution is -0.122. The maximum Gasteiger partial charge on any atom is 0.305 e. The second-order valence-corrected chi connectivity index (χ2v) is 7.08. The molecule has 0 aliphatic carbocycles. The Bertz CT molecular complexity index is 1250. The van der Waals surface area contributed by atoms with Crippen molar-refractivity contribution in [3.05, 3.63) is 63.7 Å². The van der Waals surface area contributed by atoms with Crippen LogP contribution in [-0.4, -0.2) is 21.4 Å². The van der Waals surface area contributed by atoms with Crippen molar-refractivity contribution < 1.29 is 14.0 Å². The number of carbonyl (C=O) groups is 2. The number of hydrogen-bond donors (Lipinski definition) is 2. The molecular formula is C19H16N4O4S. The van der Waals surface area contributed by atoms with Crippen LogP contribution in [0.1, 0.15) is 22.5 Å². The highest BCUT2D eigenvalue weighted by molar-refractivity contribution is 7.16. The number of para-hydroxylation sites is 1. The number of benzene rings is 1. The van der Waals surface area contributed by atoms with Gasteiger partial charge in [-0.2, -0.15) is 0 Å². The minimum Gasteiger partial charge on any atom is -0.451 e. The molecule has 3 aromatic heterocycles. The number of nitrogens with zero attached hydrogens (tertiary/aromatic N) is 2. The normalized spacial score (nSPS) is 11.0. The molecule has 142 valence electrons. The summed E-state index contributed by atoms with van der Waals surface area (Å²) in [6.45, 7) is 1.94. The fourth-order valence-corrected chi connectivity index (χ4v) is 3.63. The van der Waals surface area contributed by atoms with Crippen LogP contribution in [0.25, 0.3) is 21.2 Å². The minimum absolute atomic E-state index is 0.0105. The predicted molar refractivity (Wildman–Crippen MR) is 105 cm³/mol. The van der Waals surface area contributed by atoms with E-state index in [0.29, 0.717) is 21.4 Å². The molecule has 0 aliphatic rings. The summed E-state index contributed by atoms with van der Waals surface area (Å²) in [5.41, 5.74) is 5.79. The molecule has 0 saturated heterocycles. The van der Waals surface area contributed by atoms with Crippen molar-refractivity contribution in [2.75, 3.05) is 0 Å². The number of rotatable bonds is 4. The lowest BCUT2D eigenvalue weighted by atomic mass is 10.1. The van der Waals surface area contributed by atoms with E-state index in [2.05, 4.69) is 15.8 Å². The Labute approximate surface area is 162 Å². The van der Waals surface area contributed by atoms with Crippen molar-refractivity contribution in [3.8, 4) is 0 Å². The van der Waals surface area contributed by atoms with Crippen molar-refractivity contribution in [3.63, 3.8) is 0 Å². The Kier molecular flexibility index (Phi) is 4.66. The van der Waals surface area contributed by atoms with Crippen molar-refractivity contribution >= 4 is 44.3 Å². The summed E-state index contributed by atoms with van der Waals surface area (Å²) < 4.78 is 6.93. The van der Waals surface area contributed by atoms with Gasteiger partial charge >= 0.3 is 5.91 Å². The first-order valence-corrected chi connectivity index (χ1v) is 9.42. The SMILES string of the molecule is Cc1c(C(=O)NNC(=O)CCn2cnc3sccc3c2=O)oc2ccccc12. The molecule has 8 nitrogen and oxygen atoms in total. The third-order valence-electron chi connectivity index (χ3n) is 4.40. The van der Waals surface area contributed by atoms with Crippen LogP contribution >= 0.6 is 11.3 Å². The zero-order valence-corrected chi connectivity index (χ0v) is 15.7. The van der Waals surface area contributed by atoms with Gasteiger partial charge < -0.3 is 4.42 Å². The Morgan fingerprint density at radius 3 is 2.82 bits per heavy atom. The zero-order chi connectivity index (χ0) is 19.7. The molecule has 0 spiro atoms. The Morgan fingerprint density at radius 2 is 2.00 bits per heavy atom. The van der Waals surface area contributed by atoms with Gasteiger partial charge in [-0.25, -0.2) is 4.98 Å². The molecule has 0 saturated carbocycles. The number of aromatic nitrogens is 2. The minimum atomic E-state index is -0.541. The standard InChI is InChI=1S/C19H16N4O4S/c1-11-12-4-2-3-5-14(12)27-16(11)17(25)22-21-15(24)6-8-23-10-20-18-13(19(23)26)7-9-28-18/h2-5,7,9-10H,6,8H2,1H3,(H,21,24)(H,22,25). The molecule has 0 unspecified atom stereocenters. The van der Waals surface area contributed by atoms with E-state index in [0.717, 1.165) is 5.39 Å². The van der Waals surface area contributed by atoms with E-state index < -0.39 is 11.8 Å². The number of nitrogens with one attached hydrogen (secondary N) is 2. The molecule has 0 atom stereocenters. The molecular weight excluding hydrogens is 380 g/mol. The Balaban J connectivity index is 1.37. The van der Waals surface area contributed by atoms with Gasteiger partial charge in [-0.1, -0.05) is 18.2 Å². The number of hydrazine groups is 1. The zero-order valence-electron chi connectivity index (χ0n) is 14.9. The molecule has 4 rings (SSSR count). The second-order valence-electron chi connectivity index (χ2n) is 6.19. The van der Waals surface area contributed by atoms with E-state index in [-0.39, 0.29) is 24.3 Å². The van der Waals surface area contributed by atoms with E-state index >= 15 is 0 Å². The second kappa shape index (κ2) is 7.28. The van der Waals surface area contributed by atoms with E-state index in [1.54, 1.807) is 24.4 Å². The molecule has 0 radical (unpaired) electrons. The van der Waals surface area contributed by atoms with Crippen LogP contribution in [0, 0.1) is 6.92 Å². The number of amides is 2. The first kappa shape index (κ1) is 17.9. The molecule has 28 heavy (non-hydrogen) atoms. The van der Waals surface area contributed by atoms with E-state index in [4.69, 9.17) is 4.42 Å². The molecule has 0 fully saturated rings. The maximum atomic E-state index is 12.3. The molecule has 3 heterocycles. The topological polar surface area (TPSA) is 106 Å². The van der Waals surface area contributed by atoms with E-state index in [1.807, 2.05) is 18.2 Å². The number of aryl methyl sites for hydroxylation is 2. The quantitative estimate of drug-likeness (QED) is 0.515. The molecule has 2 amide bonds. The summed E-state index contributed by atoms with van der Waals surface area (Å²) in [6, 6.07) is 9.02. The lowest BCUT2D eigenvalue weighted by Gasteiger charge is -2.08. The largest absolute Gasteiger partial charge is 0.451 e. The highest BCUT2D eigenvalue weighted by atomic mass is 32.1. The summed E-state index contributed by atoms with van der Waals surface area (Å²) in [7, 11) is 0. The fraction of sp³-hybridized carbons (Fsp3) is 0.158. The van der Waals surface area contributed by atoms with Crippen LogP contribution in [0.4, 0.5) is 0 Å². The van der Waals surface area contributed by atoms with Crippen LogP contribution < -0.4 is 16.4 Å². The number of fused-ring (bicyclic) bond motifs is 2. The van der Waals surface area contributed by atoms with Gasteiger partial charge in [0, 0.05) is 23.9 Å².